The summed E-state index contributed by atoms with van der Waals surface area (Å²) in [5, 5.41) is 10.8. The molecule has 24 heavy (non-hydrogen) atoms. The molecule has 0 bridgehead atoms. The molecule has 1 aromatic heterocycles. The third-order valence-electron chi connectivity index (χ3n) is 3.55. The summed E-state index contributed by atoms with van der Waals surface area (Å²) in [6.07, 6.45) is 4.84. The summed E-state index contributed by atoms with van der Waals surface area (Å²) >= 11 is 1.17. The molecule has 0 N–H and O–H groups in total. The molecule has 1 aliphatic rings. The standard InChI is InChI=1S/C17H11N3O3S/c1-23-15(22)13-10-24-16(20-13)17(7-2-8-19-17)14(21)12-5-3-11(9-18)4-6-12/h2-8,10H,1H3. The third-order valence-corrected chi connectivity index (χ3v) is 4.52. The largest absolute Gasteiger partial charge is 0.464 e. The number of hydrogen-bond donors (Lipinski definition) is 0. The molecule has 6 nitrogen and oxygen atoms in total. The Labute approximate surface area is 141 Å². The number of allylic oxidation sites excluding steroid dienone is 1. The zero-order valence-electron chi connectivity index (χ0n) is 12.6. The Morgan fingerprint density at radius 3 is 2.62 bits per heavy atom. The van der Waals surface area contributed by atoms with Gasteiger partial charge >= 0.3 is 5.97 Å². The molecule has 1 atom stereocenters. The van der Waals surface area contributed by atoms with Gasteiger partial charge in [-0.1, -0.05) is 0 Å². The predicted octanol–water partition coefficient (Wildman–Crippen LogP) is 2.52. The number of aliphatic imine (C=N–C) groups is 1. The number of benzene rings is 1. The van der Waals surface area contributed by atoms with E-state index in [1.807, 2.05) is 6.07 Å². The summed E-state index contributed by atoms with van der Waals surface area (Å²) < 4.78 is 4.65. The zero-order chi connectivity index (χ0) is 17.2. The molecule has 2 heterocycles. The minimum Gasteiger partial charge on any atom is -0.464 e. The molecule has 0 spiro atoms. The number of esters is 1. The molecule has 1 unspecified atom stereocenters. The summed E-state index contributed by atoms with van der Waals surface area (Å²) in [5.74, 6) is -0.841. The van der Waals surface area contributed by atoms with E-state index < -0.39 is 11.5 Å². The first-order chi connectivity index (χ1) is 11.6. The van der Waals surface area contributed by atoms with Crippen LogP contribution in [0.5, 0.6) is 0 Å². The third kappa shape index (κ3) is 2.53. The molecule has 0 radical (unpaired) electrons. The van der Waals surface area contributed by atoms with Crippen LogP contribution in [0.15, 0.2) is 46.8 Å². The number of aromatic nitrogens is 1. The van der Waals surface area contributed by atoms with E-state index in [2.05, 4.69) is 14.7 Å². The number of nitrogens with zero attached hydrogens (tertiary/aromatic N) is 3. The second-order valence-electron chi connectivity index (χ2n) is 4.95. The second-order valence-corrected chi connectivity index (χ2v) is 5.81. The Morgan fingerprint density at radius 1 is 1.29 bits per heavy atom. The lowest BCUT2D eigenvalue weighted by Gasteiger charge is -2.20. The lowest BCUT2D eigenvalue weighted by atomic mass is 9.90. The van der Waals surface area contributed by atoms with Crippen LogP contribution in [0.25, 0.3) is 0 Å². The van der Waals surface area contributed by atoms with Crippen LogP contribution in [0.1, 0.15) is 31.4 Å². The van der Waals surface area contributed by atoms with Gasteiger partial charge in [0.2, 0.25) is 5.78 Å². The maximum Gasteiger partial charge on any atom is 0.357 e. The van der Waals surface area contributed by atoms with Crippen molar-refractivity contribution in [2.75, 3.05) is 7.11 Å². The summed E-state index contributed by atoms with van der Waals surface area (Å²) in [5.41, 5.74) is -0.272. The van der Waals surface area contributed by atoms with E-state index in [1.165, 1.54) is 30.0 Å². The number of ether oxygens (including phenoxy) is 1. The molecule has 7 heteroatoms. The topological polar surface area (TPSA) is 92.4 Å². The fourth-order valence-corrected chi connectivity index (χ4v) is 3.22. The quantitative estimate of drug-likeness (QED) is 0.631. The Morgan fingerprint density at radius 2 is 2.04 bits per heavy atom. The summed E-state index contributed by atoms with van der Waals surface area (Å²) in [4.78, 5) is 33.1. The molecule has 3 rings (SSSR count). The number of rotatable bonds is 4. The minimum atomic E-state index is -1.29. The van der Waals surface area contributed by atoms with E-state index >= 15 is 0 Å². The zero-order valence-corrected chi connectivity index (χ0v) is 13.4. The molecule has 0 saturated carbocycles. The number of ketones is 1. The van der Waals surface area contributed by atoms with Gasteiger partial charge < -0.3 is 4.74 Å². The number of carbonyl (C=O) groups excluding carboxylic acids is 2. The molecule has 0 amide bonds. The van der Waals surface area contributed by atoms with Gasteiger partial charge in [-0.2, -0.15) is 5.26 Å². The molecule has 1 aliphatic heterocycles. The van der Waals surface area contributed by atoms with E-state index in [-0.39, 0.29) is 11.5 Å². The summed E-state index contributed by atoms with van der Waals surface area (Å²) in [6.45, 7) is 0. The predicted molar refractivity (Wildman–Crippen MR) is 88.3 cm³/mol. The lowest BCUT2D eigenvalue weighted by molar-refractivity contribution is 0.0594. The van der Waals surface area contributed by atoms with Crippen LogP contribution < -0.4 is 0 Å². The maximum atomic E-state index is 13.0. The average Bonchev–Trinajstić information content (AvgIpc) is 3.30. The van der Waals surface area contributed by atoms with E-state index in [4.69, 9.17) is 5.26 Å². The highest BCUT2D eigenvalue weighted by molar-refractivity contribution is 7.10. The molecule has 0 aliphatic carbocycles. The van der Waals surface area contributed by atoms with Crippen molar-refractivity contribution in [3.05, 3.63) is 63.6 Å². The van der Waals surface area contributed by atoms with Crippen LogP contribution in [0.4, 0.5) is 0 Å². The number of carbonyl (C=O) groups is 2. The number of hydrogen-bond acceptors (Lipinski definition) is 7. The van der Waals surface area contributed by atoms with Gasteiger partial charge in [0.15, 0.2) is 11.2 Å². The van der Waals surface area contributed by atoms with E-state index in [9.17, 15) is 9.59 Å². The van der Waals surface area contributed by atoms with Gasteiger partial charge in [-0.25, -0.2) is 9.78 Å². The van der Waals surface area contributed by atoms with Gasteiger partial charge in [0, 0.05) is 17.2 Å². The van der Waals surface area contributed by atoms with Crippen LogP contribution in [0.3, 0.4) is 0 Å². The fraction of sp³-hybridized carbons (Fsp3) is 0.118. The highest BCUT2D eigenvalue weighted by Crippen LogP contribution is 2.36. The molecular formula is C17H11N3O3S. The first kappa shape index (κ1) is 15.8. The van der Waals surface area contributed by atoms with E-state index in [0.717, 1.165) is 0 Å². The highest BCUT2D eigenvalue weighted by Gasteiger charge is 2.42. The van der Waals surface area contributed by atoms with Gasteiger partial charge in [-0.3, -0.25) is 9.79 Å². The number of methoxy groups -OCH3 is 1. The van der Waals surface area contributed by atoms with Crippen molar-refractivity contribution in [2.45, 2.75) is 5.54 Å². The average molecular weight is 337 g/mol. The van der Waals surface area contributed by atoms with Crippen LogP contribution in [-0.2, 0) is 10.3 Å². The molecule has 1 aromatic carbocycles. The van der Waals surface area contributed by atoms with Gasteiger partial charge in [0.25, 0.3) is 0 Å². The number of Topliss-reactive ketones (excluding diaryl/α,β-unsaturated/α-hetero) is 1. The molecule has 118 valence electrons. The lowest BCUT2D eigenvalue weighted by Crippen LogP contribution is -2.30. The fourth-order valence-electron chi connectivity index (χ4n) is 2.31. The van der Waals surface area contributed by atoms with Crippen molar-refractivity contribution < 1.29 is 14.3 Å². The monoisotopic (exact) mass is 337 g/mol. The highest BCUT2D eigenvalue weighted by atomic mass is 32.1. The van der Waals surface area contributed by atoms with Crippen LogP contribution >= 0.6 is 11.3 Å². The maximum absolute atomic E-state index is 13.0. The van der Waals surface area contributed by atoms with Crippen molar-refractivity contribution in [1.82, 2.24) is 4.98 Å². The van der Waals surface area contributed by atoms with Crippen molar-refractivity contribution in [3.8, 4) is 6.07 Å². The first-order valence-electron chi connectivity index (χ1n) is 6.93. The molecule has 0 fully saturated rings. The van der Waals surface area contributed by atoms with Crippen LogP contribution in [0.2, 0.25) is 0 Å². The van der Waals surface area contributed by atoms with Crippen molar-refractivity contribution in [2.24, 2.45) is 4.99 Å². The summed E-state index contributed by atoms with van der Waals surface area (Å²) in [7, 11) is 1.27. The Kier molecular flexibility index (Phi) is 4.06. The summed E-state index contributed by atoms with van der Waals surface area (Å²) in [6, 6.07) is 8.32. The Hall–Kier alpha value is -3.11. The van der Waals surface area contributed by atoms with Gasteiger partial charge in [-0.05, 0) is 36.4 Å². The molecular weight excluding hydrogens is 326 g/mol. The number of thiazole rings is 1. The van der Waals surface area contributed by atoms with E-state index in [0.29, 0.717) is 16.1 Å². The minimum absolute atomic E-state index is 0.139. The Bertz CT molecular complexity index is 892. The van der Waals surface area contributed by atoms with Crippen molar-refractivity contribution in [3.63, 3.8) is 0 Å². The number of nitriles is 1. The van der Waals surface area contributed by atoms with Crippen molar-refractivity contribution in [1.29, 1.82) is 5.26 Å². The second kappa shape index (κ2) is 6.18. The van der Waals surface area contributed by atoms with Gasteiger partial charge in [0.05, 0.1) is 18.7 Å². The Balaban J connectivity index is 2.02. The smallest absolute Gasteiger partial charge is 0.357 e. The van der Waals surface area contributed by atoms with Gasteiger partial charge in [-0.15, -0.1) is 11.3 Å². The van der Waals surface area contributed by atoms with Crippen molar-refractivity contribution >= 4 is 29.3 Å². The van der Waals surface area contributed by atoms with Crippen LogP contribution in [0, 0.1) is 11.3 Å². The molecule has 2 aromatic rings. The van der Waals surface area contributed by atoms with Gasteiger partial charge in [0.1, 0.15) is 5.01 Å². The molecule has 0 saturated heterocycles. The van der Waals surface area contributed by atoms with E-state index in [1.54, 1.807) is 36.4 Å². The normalized spacial score (nSPS) is 18.3. The first-order valence-corrected chi connectivity index (χ1v) is 7.81. The SMILES string of the molecule is COC(=O)c1csc(C2(C(=O)c3ccc(C#N)cc3)C=CC=N2)n1. The van der Waals surface area contributed by atoms with Crippen LogP contribution in [-0.4, -0.2) is 30.1 Å².